The number of methoxy groups -OCH3 is 2. The van der Waals surface area contributed by atoms with E-state index >= 15 is 0 Å². The van der Waals surface area contributed by atoms with Crippen molar-refractivity contribution in [2.45, 2.75) is 12.6 Å². The normalized spacial score (nSPS) is 11.9. The number of aliphatic hydroxyl groups excluding tert-OH is 2. The molecule has 7 heteroatoms. The van der Waals surface area contributed by atoms with E-state index in [0.717, 1.165) is 5.56 Å². The largest absolute Gasteiger partial charge is 0.497 e. The van der Waals surface area contributed by atoms with E-state index in [4.69, 9.17) is 24.1 Å². The third-order valence-electron chi connectivity index (χ3n) is 4.04. The Bertz CT molecular complexity index is 724. The van der Waals surface area contributed by atoms with Gasteiger partial charge in [-0.1, -0.05) is 12.1 Å². The SMILES string of the molecule is COc1cccc(OCC(O)CN(C)Cc2ccc(OCCO)c(OC)c2)c1. The van der Waals surface area contributed by atoms with Gasteiger partial charge in [0.15, 0.2) is 11.5 Å². The number of likely N-dealkylation sites (N-methyl/N-ethyl adjacent to an activating group) is 1. The maximum absolute atomic E-state index is 10.3. The molecule has 0 aliphatic heterocycles. The Morgan fingerprint density at radius 2 is 1.75 bits per heavy atom. The number of ether oxygens (including phenoxy) is 4. The number of aliphatic hydroxyl groups is 2. The van der Waals surface area contributed by atoms with Crippen LogP contribution >= 0.6 is 0 Å². The van der Waals surface area contributed by atoms with Crippen molar-refractivity contribution in [3.63, 3.8) is 0 Å². The van der Waals surface area contributed by atoms with Gasteiger partial charge >= 0.3 is 0 Å². The van der Waals surface area contributed by atoms with E-state index in [1.807, 2.05) is 48.3 Å². The highest BCUT2D eigenvalue weighted by Crippen LogP contribution is 2.28. The van der Waals surface area contributed by atoms with Crippen LogP contribution in [0.2, 0.25) is 0 Å². The lowest BCUT2D eigenvalue weighted by Crippen LogP contribution is -2.32. The first-order valence-electron chi connectivity index (χ1n) is 9.09. The standard InChI is InChI=1S/C21H29NO6/c1-22(13-16-7-8-20(27-10-9-23)21(11-16)26-3)14-17(24)15-28-19-6-4-5-18(12-19)25-2/h4-8,11-12,17,23-24H,9-10,13-15H2,1-3H3. The van der Waals surface area contributed by atoms with Crippen LogP contribution in [0.5, 0.6) is 23.0 Å². The Hall–Kier alpha value is -2.48. The smallest absolute Gasteiger partial charge is 0.161 e. The first-order chi connectivity index (χ1) is 13.5. The number of hydrogen-bond acceptors (Lipinski definition) is 7. The summed E-state index contributed by atoms with van der Waals surface area (Å²) in [5, 5.41) is 19.1. The summed E-state index contributed by atoms with van der Waals surface area (Å²) in [6.45, 7) is 1.44. The maximum atomic E-state index is 10.3. The molecule has 1 unspecified atom stereocenters. The minimum Gasteiger partial charge on any atom is -0.497 e. The van der Waals surface area contributed by atoms with Crippen molar-refractivity contribution in [2.75, 3.05) is 47.6 Å². The molecule has 0 amide bonds. The number of rotatable bonds is 12. The van der Waals surface area contributed by atoms with Gasteiger partial charge in [0.1, 0.15) is 30.8 Å². The zero-order chi connectivity index (χ0) is 20.4. The van der Waals surface area contributed by atoms with E-state index in [1.165, 1.54) is 0 Å². The average Bonchev–Trinajstić information content (AvgIpc) is 2.71. The Labute approximate surface area is 166 Å². The highest BCUT2D eigenvalue weighted by molar-refractivity contribution is 5.43. The third-order valence-corrected chi connectivity index (χ3v) is 4.04. The first kappa shape index (κ1) is 21.8. The quantitative estimate of drug-likeness (QED) is 0.572. The summed E-state index contributed by atoms with van der Waals surface area (Å²) in [6, 6.07) is 12.9. The molecule has 28 heavy (non-hydrogen) atoms. The predicted molar refractivity (Wildman–Crippen MR) is 106 cm³/mol. The number of hydrogen-bond donors (Lipinski definition) is 2. The zero-order valence-corrected chi connectivity index (χ0v) is 16.6. The van der Waals surface area contributed by atoms with Crippen LogP contribution in [0.1, 0.15) is 5.56 Å². The summed E-state index contributed by atoms with van der Waals surface area (Å²) >= 11 is 0. The molecule has 1 atom stereocenters. The van der Waals surface area contributed by atoms with Gasteiger partial charge in [-0.25, -0.2) is 0 Å². The maximum Gasteiger partial charge on any atom is 0.161 e. The lowest BCUT2D eigenvalue weighted by molar-refractivity contribution is 0.0743. The molecule has 0 bridgehead atoms. The fraction of sp³-hybridized carbons (Fsp3) is 0.429. The van der Waals surface area contributed by atoms with Gasteiger partial charge in [-0.3, -0.25) is 4.90 Å². The molecule has 0 saturated heterocycles. The summed E-state index contributed by atoms with van der Waals surface area (Å²) in [5.74, 6) is 2.57. The van der Waals surface area contributed by atoms with Crippen LogP contribution in [0.15, 0.2) is 42.5 Å². The fourth-order valence-electron chi connectivity index (χ4n) is 2.76. The van der Waals surface area contributed by atoms with Crippen molar-refractivity contribution in [1.29, 1.82) is 0 Å². The summed E-state index contributed by atoms with van der Waals surface area (Å²) < 4.78 is 21.6. The van der Waals surface area contributed by atoms with Crippen LogP contribution in [0.25, 0.3) is 0 Å². The molecule has 0 heterocycles. The lowest BCUT2D eigenvalue weighted by atomic mass is 10.2. The third kappa shape index (κ3) is 6.92. The second-order valence-electron chi connectivity index (χ2n) is 6.40. The van der Waals surface area contributed by atoms with Crippen LogP contribution in [0, 0.1) is 0 Å². The van der Waals surface area contributed by atoms with Crippen molar-refractivity contribution in [2.24, 2.45) is 0 Å². The lowest BCUT2D eigenvalue weighted by Gasteiger charge is -2.21. The second-order valence-corrected chi connectivity index (χ2v) is 6.40. The molecular weight excluding hydrogens is 362 g/mol. The monoisotopic (exact) mass is 391 g/mol. The van der Waals surface area contributed by atoms with E-state index in [-0.39, 0.29) is 19.8 Å². The highest BCUT2D eigenvalue weighted by atomic mass is 16.5. The first-order valence-corrected chi connectivity index (χ1v) is 9.09. The van der Waals surface area contributed by atoms with E-state index < -0.39 is 6.10 Å². The van der Waals surface area contributed by atoms with Gasteiger partial charge in [0.2, 0.25) is 0 Å². The minimum absolute atomic E-state index is 0.0522. The Morgan fingerprint density at radius 1 is 0.964 bits per heavy atom. The van der Waals surface area contributed by atoms with Crippen LogP contribution in [0.4, 0.5) is 0 Å². The summed E-state index contributed by atoms with van der Waals surface area (Å²) in [7, 11) is 5.11. The Morgan fingerprint density at radius 3 is 2.46 bits per heavy atom. The molecule has 0 saturated carbocycles. The topological polar surface area (TPSA) is 80.6 Å². The second kappa shape index (κ2) is 11.4. The van der Waals surface area contributed by atoms with Gasteiger partial charge < -0.3 is 29.2 Å². The Balaban J connectivity index is 1.84. The van der Waals surface area contributed by atoms with E-state index in [2.05, 4.69) is 0 Å². The van der Waals surface area contributed by atoms with Gasteiger partial charge in [0, 0.05) is 19.2 Å². The van der Waals surface area contributed by atoms with Crippen LogP contribution in [-0.2, 0) is 6.54 Å². The van der Waals surface area contributed by atoms with Gasteiger partial charge in [0.25, 0.3) is 0 Å². The highest BCUT2D eigenvalue weighted by Gasteiger charge is 2.12. The molecule has 2 aromatic rings. The van der Waals surface area contributed by atoms with Gasteiger partial charge in [-0.15, -0.1) is 0 Å². The van der Waals surface area contributed by atoms with E-state index in [1.54, 1.807) is 20.3 Å². The molecule has 0 spiro atoms. The van der Waals surface area contributed by atoms with Crippen molar-refractivity contribution in [3.8, 4) is 23.0 Å². The molecule has 0 aliphatic rings. The van der Waals surface area contributed by atoms with E-state index in [9.17, 15) is 5.11 Å². The zero-order valence-electron chi connectivity index (χ0n) is 16.6. The number of benzene rings is 2. The molecule has 0 aliphatic carbocycles. The molecule has 2 N–H and O–H groups in total. The molecule has 0 radical (unpaired) electrons. The average molecular weight is 391 g/mol. The molecular formula is C21H29NO6. The van der Waals surface area contributed by atoms with Crippen molar-refractivity contribution in [1.82, 2.24) is 4.90 Å². The number of nitrogens with zero attached hydrogens (tertiary/aromatic N) is 1. The molecule has 2 aromatic carbocycles. The molecule has 0 aromatic heterocycles. The van der Waals surface area contributed by atoms with Gasteiger partial charge in [-0.2, -0.15) is 0 Å². The summed E-state index contributed by atoms with van der Waals surface area (Å²) in [6.07, 6.45) is -0.634. The van der Waals surface area contributed by atoms with Crippen LogP contribution in [-0.4, -0.2) is 68.8 Å². The Kier molecular flexibility index (Phi) is 8.87. The predicted octanol–water partition coefficient (Wildman–Crippen LogP) is 1.95. The van der Waals surface area contributed by atoms with Crippen LogP contribution < -0.4 is 18.9 Å². The minimum atomic E-state index is -0.634. The molecule has 2 rings (SSSR count). The van der Waals surface area contributed by atoms with Crippen LogP contribution in [0.3, 0.4) is 0 Å². The molecule has 0 fully saturated rings. The fourth-order valence-corrected chi connectivity index (χ4v) is 2.76. The van der Waals surface area contributed by atoms with Crippen molar-refractivity contribution in [3.05, 3.63) is 48.0 Å². The summed E-state index contributed by atoms with van der Waals surface area (Å²) in [5.41, 5.74) is 1.02. The van der Waals surface area contributed by atoms with E-state index in [0.29, 0.717) is 36.1 Å². The van der Waals surface area contributed by atoms with Gasteiger partial charge in [-0.05, 0) is 36.9 Å². The molecule has 7 nitrogen and oxygen atoms in total. The van der Waals surface area contributed by atoms with Crippen molar-refractivity contribution < 1.29 is 29.2 Å². The molecule has 154 valence electrons. The van der Waals surface area contributed by atoms with Crippen molar-refractivity contribution >= 4 is 0 Å². The van der Waals surface area contributed by atoms with Gasteiger partial charge in [0.05, 0.1) is 20.8 Å². The summed E-state index contributed by atoms with van der Waals surface area (Å²) in [4.78, 5) is 2.00.